The fraction of sp³-hybridized carbons (Fsp3) is 0.143. The normalized spacial score (nSPS) is 11.7. The molecule has 0 aliphatic heterocycles. The summed E-state index contributed by atoms with van der Waals surface area (Å²) in [4.78, 5) is 13.4. The Labute approximate surface area is 169 Å². The van der Waals surface area contributed by atoms with Crippen LogP contribution in [0, 0.1) is 20.8 Å². The number of carboxylic acids is 1. The van der Waals surface area contributed by atoms with E-state index in [0.717, 1.165) is 28.2 Å². The molecule has 150 valence electrons. The summed E-state index contributed by atoms with van der Waals surface area (Å²) in [6.07, 6.45) is 1.45. The lowest BCUT2D eigenvalue weighted by molar-refractivity contribution is 0.0697. The zero-order chi connectivity index (χ0) is 21.2. The first-order valence-corrected chi connectivity index (χ1v) is 10.3. The summed E-state index contributed by atoms with van der Waals surface area (Å²) in [5, 5.41) is 12.9. The molecule has 0 saturated carbocycles. The Hall–Kier alpha value is -3.39. The highest BCUT2D eigenvalue weighted by molar-refractivity contribution is 7.89. The van der Waals surface area contributed by atoms with Crippen molar-refractivity contribution in [2.75, 3.05) is 0 Å². The van der Waals surface area contributed by atoms with Crippen LogP contribution in [-0.4, -0.2) is 30.3 Å². The lowest BCUT2D eigenvalue weighted by atomic mass is 10.2. The van der Waals surface area contributed by atoms with Gasteiger partial charge in [-0.3, -0.25) is 0 Å². The van der Waals surface area contributed by atoms with Gasteiger partial charge in [0.1, 0.15) is 0 Å². The topological polar surface area (TPSA) is 101 Å². The van der Waals surface area contributed by atoms with Crippen LogP contribution in [0.4, 0.5) is 0 Å². The smallest absolute Gasteiger partial charge is 0.335 e. The third kappa shape index (κ3) is 4.38. The second kappa shape index (κ2) is 7.92. The fourth-order valence-electron chi connectivity index (χ4n) is 3.00. The number of aromatic nitrogens is 1. The quantitative estimate of drug-likeness (QED) is 0.479. The third-order valence-electron chi connectivity index (χ3n) is 4.55. The minimum Gasteiger partial charge on any atom is -0.478 e. The van der Waals surface area contributed by atoms with E-state index in [9.17, 15) is 13.2 Å². The first kappa shape index (κ1) is 20.3. The van der Waals surface area contributed by atoms with Crippen LogP contribution in [0.2, 0.25) is 0 Å². The number of carbonyl (C=O) groups is 1. The van der Waals surface area contributed by atoms with Crippen LogP contribution in [0.1, 0.15) is 32.9 Å². The summed E-state index contributed by atoms with van der Waals surface area (Å²) in [7, 11) is -3.74. The van der Waals surface area contributed by atoms with E-state index in [1.807, 2.05) is 31.4 Å². The summed E-state index contributed by atoms with van der Waals surface area (Å²) in [5.41, 5.74) is 4.50. The van der Waals surface area contributed by atoms with Crippen LogP contribution in [0.5, 0.6) is 0 Å². The minimum absolute atomic E-state index is 0.143. The standard InChI is InChI=1S/C21H21N3O4S/c1-14-4-10-20(11-5-14)29(27,28)23-22-13-18-12-15(2)24(16(18)3)19-8-6-17(7-9-19)21(25)26/h4-13,23H,1-3H3,(H,25,26)/b22-13+. The molecule has 0 fully saturated rings. The molecule has 0 spiro atoms. The summed E-state index contributed by atoms with van der Waals surface area (Å²) in [5.74, 6) is -0.980. The van der Waals surface area contributed by atoms with Crippen molar-refractivity contribution in [3.63, 3.8) is 0 Å². The van der Waals surface area contributed by atoms with Crippen LogP contribution in [0.3, 0.4) is 0 Å². The Morgan fingerprint density at radius 2 is 1.66 bits per heavy atom. The molecule has 0 aliphatic rings. The van der Waals surface area contributed by atoms with Crippen molar-refractivity contribution in [1.29, 1.82) is 0 Å². The van der Waals surface area contributed by atoms with E-state index in [2.05, 4.69) is 9.93 Å². The van der Waals surface area contributed by atoms with Gasteiger partial charge < -0.3 is 9.67 Å². The Morgan fingerprint density at radius 1 is 1.03 bits per heavy atom. The largest absolute Gasteiger partial charge is 0.478 e. The van der Waals surface area contributed by atoms with Gasteiger partial charge in [0.05, 0.1) is 16.7 Å². The molecule has 3 rings (SSSR count). The maximum atomic E-state index is 12.3. The Morgan fingerprint density at radius 3 is 2.24 bits per heavy atom. The van der Waals surface area contributed by atoms with Crippen molar-refractivity contribution in [2.24, 2.45) is 5.10 Å². The zero-order valence-electron chi connectivity index (χ0n) is 16.2. The number of nitrogens with one attached hydrogen (secondary N) is 1. The molecule has 29 heavy (non-hydrogen) atoms. The SMILES string of the molecule is Cc1ccc(S(=O)(=O)N/N=C/c2cc(C)n(-c3ccc(C(=O)O)cc3)c2C)cc1. The van der Waals surface area contributed by atoms with Crippen LogP contribution < -0.4 is 4.83 Å². The monoisotopic (exact) mass is 411 g/mol. The van der Waals surface area contributed by atoms with Crippen LogP contribution >= 0.6 is 0 Å². The van der Waals surface area contributed by atoms with Crippen molar-refractivity contribution >= 4 is 22.2 Å². The number of sulfonamides is 1. The first-order valence-electron chi connectivity index (χ1n) is 8.83. The lowest BCUT2D eigenvalue weighted by Gasteiger charge is -2.10. The molecule has 0 radical (unpaired) electrons. The summed E-state index contributed by atoms with van der Waals surface area (Å²) in [6, 6.07) is 14.9. The molecule has 0 bridgehead atoms. The highest BCUT2D eigenvalue weighted by atomic mass is 32.2. The van der Waals surface area contributed by atoms with Crippen molar-refractivity contribution in [3.05, 3.63) is 82.7 Å². The van der Waals surface area contributed by atoms with Crippen molar-refractivity contribution < 1.29 is 18.3 Å². The van der Waals surface area contributed by atoms with Crippen molar-refractivity contribution in [3.8, 4) is 5.69 Å². The van der Waals surface area contributed by atoms with Gasteiger partial charge in [0.2, 0.25) is 0 Å². The van der Waals surface area contributed by atoms with Crippen LogP contribution in [0.15, 0.2) is 64.6 Å². The highest BCUT2D eigenvalue weighted by Gasteiger charge is 2.13. The molecule has 0 saturated heterocycles. The Bertz CT molecular complexity index is 1180. The van der Waals surface area contributed by atoms with Gasteiger partial charge in [-0.25, -0.2) is 9.63 Å². The molecule has 3 aromatic rings. The van der Waals surface area contributed by atoms with Crippen molar-refractivity contribution in [2.45, 2.75) is 25.7 Å². The fourth-order valence-corrected chi connectivity index (χ4v) is 3.80. The Balaban J connectivity index is 1.83. The minimum atomic E-state index is -3.74. The van der Waals surface area contributed by atoms with Crippen LogP contribution in [-0.2, 0) is 10.0 Å². The highest BCUT2D eigenvalue weighted by Crippen LogP contribution is 2.20. The van der Waals surface area contributed by atoms with E-state index < -0.39 is 16.0 Å². The second-order valence-electron chi connectivity index (χ2n) is 6.68. The Kier molecular flexibility index (Phi) is 5.56. The molecule has 0 aliphatic carbocycles. The van der Waals surface area contributed by atoms with Gasteiger partial charge >= 0.3 is 5.97 Å². The number of hydrogen-bond donors (Lipinski definition) is 2. The third-order valence-corrected chi connectivity index (χ3v) is 5.79. The van der Waals surface area contributed by atoms with E-state index in [-0.39, 0.29) is 10.5 Å². The summed E-state index contributed by atoms with van der Waals surface area (Å²) < 4.78 is 26.6. The molecule has 1 aromatic heterocycles. The molecule has 7 nitrogen and oxygen atoms in total. The number of hydrogen-bond acceptors (Lipinski definition) is 4. The maximum Gasteiger partial charge on any atom is 0.335 e. The van der Waals surface area contributed by atoms with Gasteiger partial charge in [-0.2, -0.15) is 13.5 Å². The first-order chi connectivity index (χ1) is 13.7. The van der Waals surface area contributed by atoms with E-state index >= 15 is 0 Å². The molecular weight excluding hydrogens is 390 g/mol. The molecule has 1 heterocycles. The molecular formula is C21H21N3O4S. The van der Waals surface area contributed by atoms with Gasteiger partial charge in [0.15, 0.2) is 0 Å². The summed E-state index contributed by atoms with van der Waals surface area (Å²) >= 11 is 0. The van der Waals surface area contributed by atoms with E-state index in [1.54, 1.807) is 36.4 Å². The van der Waals surface area contributed by atoms with Gasteiger partial charge in [0.25, 0.3) is 10.0 Å². The average Bonchev–Trinajstić information content (AvgIpc) is 2.95. The number of rotatable bonds is 6. The second-order valence-corrected chi connectivity index (χ2v) is 8.34. The van der Waals surface area contributed by atoms with E-state index in [0.29, 0.717) is 0 Å². The predicted octanol–water partition coefficient (Wildman–Crippen LogP) is 3.41. The number of nitrogens with zero attached hydrogens (tertiary/aromatic N) is 2. The number of benzene rings is 2. The van der Waals surface area contributed by atoms with Gasteiger partial charge in [0, 0.05) is 22.6 Å². The number of carboxylic acid groups (broad SMARTS) is 1. The number of hydrazone groups is 1. The number of aromatic carboxylic acids is 1. The summed E-state index contributed by atoms with van der Waals surface area (Å²) in [6.45, 7) is 5.67. The maximum absolute atomic E-state index is 12.3. The zero-order valence-corrected chi connectivity index (χ0v) is 17.1. The van der Waals surface area contributed by atoms with Gasteiger partial charge in [-0.05, 0) is 63.2 Å². The van der Waals surface area contributed by atoms with Gasteiger partial charge in [-0.15, -0.1) is 0 Å². The van der Waals surface area contributed by atoms with Crippen molar-refractivity contribution in [1.82, 2.24) is 9.40 Å². The predicted molar refractivity (Wildman–Crippen MR) is 111 cm³/mol. The van der Waals surface area contributed by atoms with E-state index in [4.69, 9.17) is 5.11 Å². The molecule has 0 unspecified atom stereocenters. The van der Waals surface area contributed by atoms with Crippen LogP contribution in [0.25, 0.3) is 5.69 Å². The molecule has 0 atom stereocenters. The molecule has 0 amide bonds. The molecule has 8 heteroatoms. The van der Waals surface area contributed by atoms with Gasteiger partial charge in [-0.1, -0.05) is 17.7 Å². The lowest BCUT2D eigenvalue weighted by Crippen LogP contribution is -2.18. The molecule has 2 aromatic carbocycles. The number of aryl methyl sites for hydroxylation is 2. The molecule has 2 N–H and O–H groups in total. The average molecular weight is 411 g/mol. The van der Waals surface area contributed by atoms with E-state index in [1.165, 1.54) is 18.3 Å².